The molecule has 1 N–H and O–H groups in total. The molecule has 5 heteroatoms. The topological polar surface area (TPSA) is 49.7 Å². The average Bonchev–Trinajstić information content (AvgIpc) is 2.93. The molecular formula is C14H10ClNO2S. The van der Waals surface area contributed by atoms with Gasteiger partial charge in [-0.15, -0.1) is 11.3 Å². The molecule has 0 unspecified atom stereocenters. The third-order valence-electron chi connectivity index (χ3n) is 3.01. The van der Waals surface area contributed by atoms with E-state index in [0.717, 1.165) is 17.0 Å². The Morgan fingerprint density at radius 3 is 2.95 bits per heavy atom. The lowest BCUT2D eigenvalue weighted by Crippen LogP contribution is -2.15. The third-order valence-corrected chi connectivity index (χ3v) is 4.24. The summed E-state index contributed by atoms with van der Waals surface area (Å²) in [4.78, 5) is 17.4. The quantitative estimate of drug-likeness (QED) is 0.835. The maximum atomic E-state index is 12.5. The number of rotatable bonds is 2. The summed E-state index contributed by atoms with van der Waals surface area (Å²) in [7, 11) is 0. The normalized spacial score (nSPS) is 17.9. The zero-order valence-corrected chi connectivity index (χ0v) is 11.7. The zero-order chi connectivity index (χ0) is 13.6. The second-order valence-electron chi connectivity index (χ2n) is 4.36. The van der Waals surface area contributed by atoms with Crippen molar-refractivity contribution < 1.29 is 9.90 Å². The molecule has 2 aliphatic rings. The van der Waals surface area contributed by atoms with Crippen molar-refractivity contribution in [2.24, 2.45) is 4.99 Å². The highest BCUT2D eigenvalue weighted by molar-refractivity contribution is 7.18. The van der Waals surface area contributed by atoms with E-state index in [0.29, 0.717) is 21.2 Å². The first-order valence-corrected chi connectivity index (χ1v) is 6.96. The van der Waals surface area contributed by atoms with E-state index in [1.54, 1.807) is 18.2 Å². The van der Waals surface area contributed by atoms with Gasteiger partial charge in [-0.3, -0.25) is 9.79 Å². The number of carbonyl (C=O) groups is 1. The summed E-state index contributed by atoms with van der Waals surface area (Å²) < 4.78 is 0.556. The van der Waals surface area contributed by atoms with E-state index in [-0.39, 0.29) is 11.5 Å². The number of fused-ring (bicyclic) bond motifs is 1. The Hall–Kier alpha value is -1.65. The van der Waals surface area contributed by atoms with Gasteiger partial charge in [0.15, 0.2) is 0 Å². The minimum Gasteiger partial charge on any atom is -0.507 e. The number of carbonyl (C=O) groups excluding carboxylic acids is 1. The lowest BCUT2D eigenvalue weighted by atomic mass is 9.91. The van der Waals surface area contributed by atoms with E-state index < -0.39 is 0 Å². The maximum Gasteiger partial charge on any atom is 0.207 e. The predicted molar refractivity (Wildman–Crippen MR) is 77.2 cm³/mol. The van der Waals surface area contributed by atoms with Crippen molar-refractivity contribution >= 4 is 34.4 Å². The van der Waals surface area contributed by atoms with Crippen LogP contribution in [0.2, 0.25) is 4.34 Å². The van der Waals surface area contributed by atoms with Crippen molar-refractivity contribution in [2.45, 2.75) is 13.3 Å². The molecule has 0 saturated carbocycles. The van der Waals surface area contributed by atoms with Crippen molar-refractivity contribution in [1.29, 1.82) is 0 Å². The van der Waals surface area contributed by atoms with Gasteiger partial charge in [0, 0.05) is 17.7 Å². The molecule has 0 bridgehead atoms. The number of Topliss-reactive ketones (excluding diaryl/α,β-unsaturated/α-hetero) is 1. The largest absolute Gasteiger partial charge is 0.507 e. The smallest absolute Gasteiger partial charge is 0.207 e. The van der Waals surface area contributed by atoms with Crippen LogP contribution in [0, 0.1) is 0 Å². The highest BCUT2D eigenvalue weighted by Crippen LogP contribution is 2.33. The number of hydrogen-bond acceptors (Lipinski definition) is 4. The van der Waals surface area contributed by atoms with Crippen LogP contribution in [0.5, 0.6) is 0 Å². The molecule has 0 spiro atoms. The second-order valence-corrected chi connectivity index (χ2v) is 6.07. The first kappa shape index (κ1) is 12.4. The van der Waals surface area contributed by atoms with Gasteiger partial charge in [0.05, 0.1) is 20.5 Å². The Labute approximate surface area is 119 Å². The van der Waals surface area contributed by atoms with Crippen LogP contribution in [-0.4, -0.2) is 16.6 Å². The number of halogens is 1. The van der Waals surface area contributed by atoms with Crippen LogP contribution in [0.15, 0.2) is 51.9 Å². The molecule has 0 atom stereocenters. The van der Waals surface area contributed by atoms with Crippen LogP contribution < -0.4 is 0 Å². The van der Waals surface area contributed by atoms with Crippen molar-refractivity contribution in [1.82, 2.24) is 0 Å². The summed E-state index contributed by atoms with van der Waals surface area (Å²) in [5.74, 6) is -0.187. The number of nitrogens with zero attached hydrogens (tertiary/aromatic N) is 1. The lowest BCUT2D eigenvalue weighted by Gasteiger charge is -2.14. The van der Waals surface area contributed by atoms with Gasteiger partial charge in [0.2, 0.25) is 5.78 Å². The van der Waals surface area contributed by atoms with E-state index in [9.17, 15) is 9.90 Å². The van der Waals surface area contributed by atoms with Gasteiger partial charge >= 0.3 is 0 Å². The minimum atomic E-state index is -0.209. The van der Waals surface area contributed by atoms with E-state index in [1.165, 1.54) is 11.3 Å². The van der Waals surface area contributed by atoms with Crippen LogP contribution in [0.4, 0.5) is 0 Å². The van der Waals surface area contributed by atoms with Gasteiger partial charge in [-0.05, 0) is 31.2 Å². The summed E-state index contributed by atoms with van der Waals surface area (Å²) in [6, 6.07) is 3.35. The second kappa shape index (κ2) is 4.47. The molecule has 1 aromatic heterocycles. The Morgan fingerprint density at radius 2 is 2.26 bits per heavy atom. The van der Waals surface area contributed by atoms with Gasteiger partial charge in [-0.2, -0.15) is 0 Å². The molecule has 1 aromatic rings. The van der Waals surface area contributed by atoms with Crippen molar-refractivity contribution in [3.05, 3.63) is 56.1 Å². The SMILES string of the molecule is CC1=CC2=C(C(=O)c3ccc(Cl)s3)C(O)=CCC2=N1. The summed E-state index contributed by atoms with van der Waals surface area (Å²) in [5, 5.41) is 10.0. The number of hydrogen-bond donors (Lipinski definition) is 1. The average molecular weight is 292 g/mol. The van der Waals surface area contributed by atoms with Crippen LogP contribution >= 0.6 is 22.9 Å². The number of aliphatic hydroxyl groups is 1. The molecule has 0 radical (unpaired) electrons. The molecule has 0 amide bonds. The molecule has 1 aliphatic heterocycles. The first-order chi connectivity index (χ1) is 9.06. The Bertz CT molecular complexity index is 707. The Morgan fingerprint density at radius 1 is 1.47 bits per heavy atom. The maximum absolute atomic E-state index is 12.5. The number of ketones is 1. The molecule has 96 valence electrons. The van der Waals surface area contributed by atoms with Gasteiger partial charge in [0.25, 0.3) is 0 Å². The van der Waals surface area contributed by atoms with Gasteiger partial charge in [-0.1, -0.05) is 11.6 Å². The Balaban J connectivity index is 2.12. The number of aliphatic imine (C=N–C) groups is 1. The molecule has 3 nitrogen and oxygen atoms in total. The van der Waals surface area contributed by atoms with Gasteiger partial charge in [-0.25, -0.2) is 0 Å². The molecule has 3 rings (SSSR count). The first-order valence-electron chi connectivity index (χ1n) is 5.76. The van der Waals surface area contributed by atoms with Crippen molar-refractivity contribution in [3.63, 3.8) is 0 Å². The molecule has 19 heavy (non-hydrogen) atoms. The van der Waals surface area contributed by atoms with Gasteiger partial charge in [0.1, 0.15) is 5.76 Å². The highest BCUT2D eigenvalue weighted by atomic mass is 35.5. The lowest BCUT2D eigenvalue weighted by molar-refractivity contribution is 0.103. The standard InChI is InChI=1S/C14H10ClNO2S/c1-7-6-8-9(16-7)2-3-10(17)13(8)14(18)11-4-5-12(15)19-11/h3-6,17H,2H2,1H3. The molecule has 2 heterocycles. The van der Waals surface area contributed by atoms with Crippen molar-refractivity contribution in [2.75, 3.05) is 0 Å². The van der Waals surface area contributed by atoms with E-state index >= 15 is 0 Å². The van der Waals surface area contributed by atoms with Crippen LogP contribution in [0.25, 0.3) is 0 Å². The van der Waals surface area contributed by atoms with Crippen LogP contribution in [0.3, 0.4) is 0 Å². The molecule has 0 fully saturated rings. The minimum absolute atomic E-state index is 0.0226. The third kappa shape index (κ3) is 2.07. The van der Waals surface area contributed by atoms with Crippen LogP contribution in [-0.2, 0) is 0 Å². The number of aliphatic hydroxyl groups excluding tert-OH is 1. The molecule has 0 saturated heterocycles. The molecule has 0 aromatic carbocycles. The summed E-state index contributed by atoms with van der Waals surface area (Å²) in [5.41, 5.74) is 2.73. The van der Waals surface area contributed by atoms with E-state index in [4.69, 9.17) is 11.6 Å². The van der Waals surface area contributed by atoms with Crippen molar-refractivity contribution in [3.8, 4) is 0 Å². The Kier molecular flexibility index (Phi) is 2.92. The molecular weight excluding hydrogens is 282 g/mol. The fourth-order valence-corrected chi connectivity index (χ4v) is 3.19. The fourth-order valence-electron chi connectivity index (χ4n) is 2.20. The molecule has 1 aliphatic carbocycles. The highest BCUT2D eigenvalue weighted by Gasteiger charge is 2.28. The summed E-state index contributed by atoms with van der Waals surface area (Å²) in [6.45, 7) is 1.87. The van der Waals surface area contributed by atoms with Crippen LogP contribution in [0.1, 0.15) is 23.0 Å². The monoisotopic (exact) mass is 291 g/mol. The zero-order valence-electron chi connectivity index (χ0n) is 10.1. The van der Waals surface area contributed by atoms with E-state index in [2.05, 4.69) is 4.99 Å². The van der Waals surface area contributed by atoms with E-state index in [1.807, 2.05) is 13.0 Å². The number of allylic oxidation sites excluding steroid dienone is 5. The number of thiophene rings is 1. The fraction of sp³-hybridized carbons (Fsp3) is 0.143. The summed E-state index contributed by atoms with van der Waals surface area (Å²) in [6.07, 6.45) is 4.01. The van der Waals surface area contributed by atoms with Gasteiger partial charge < -0.3 is 5.11 Å². The summed E-state index contributed by atoms with van der Waals surface area (Å²) >= 11 is 7.06. The predicted octanol–water partition coefficient (Wildman–Crippen LogP) is 4.08.